The minimum atomic E-state index is -0.347. The van der Waals surface area contributed by atoms with E-state index in [9.17, 15) is 4.79 Å². The summed E-state index contributed by atoms with van der Waals surface area (Å²) in [6.45, 7) is 12.7. The van der Waals surface area contributed by atoms with Crippen LogP contribution in [-0.2, 0) is 17.9 Å². The summed E-state index contributed by atoms with van der Waals surface area (Å²) < 4.78 is 2.26. The molecule has 0 N–H and O–H groups in total. The normalized spacial score (nSPS) is 11.6. The highest BCUT2D eigenvalue weighted by molar-refractivity contribution is 5.81. The van der Waals surface area contributed by atoms with E-state index < -0.39 is 0 Å². The highest BCUT2D eigenvalue weighted by Crippen LogP contribution is 2.21. The van der Waals surface area contributed by atoms with Gasteiger partial charge in [-0.25, -0.2) is 0 Å². The Morgan fingerprint density at radius 2 is 1.88 bits per heavy atom. The van der Waals surface area contributed by atoms with Crippen molar-refractivity contribution in [3.05, 3.63) is 59.4 Å². The third kappa shape index (κ3) is 5.76. The van der Waals surface area contributed by atoms with Crippen molar-refractivity contribution in [1.29, 1.82) is 0 Å². The van der Waals surface area contributed by atoms with Gasteiger partial charge in [-0.2, -0.15) is 0 Å². The van der Waals surface area contributed by atoms with Gasteiger partial charge in [-0.3, -0.25) is 4.79 Å². The topological polar surface area (TPSA) is 25.2 Å². The van der Waals surface area contributed by atoms with Crippen LogP contribution >= 0.6 is 0 Å². The number of amides is 1. The van der Waals surface area contributed by atoms with Crippen molar-refractivity contribution < 1.29 is 4.79 Å². The van der Waals surface area contributed by atoms with Crippen LogP contribution in [0.25, 0.3) is 0 Å². The quantitative estimate of drug-likeness (QED) is 0.582. The molecule has 2 rings (SSSR count). The number of hydrogen-bond donors (Lipinski definition) is 0. The zero-order chi connectivity index (χ0) is 19.2. The number of hydrogen-bond acceptors (Lipinski definition) is 1. The first-order chi connectivity index (χ1) is 12.3. The van der Waals surface area contributed by atoms with Crippen LogP contribution in [0.15, 0.2) is 42.6 Å². The predicted octanol–water partition coefficient (Wildman–Crippen LogP) is 5.41. The Morgan fingerprint density at radius 1 is 1.12 bits per heavy atom. The van der Waals surface area contributed by atoms with Gasteiger partial charge in [0.25, 0.3) is 0 Å². The molecule has 0 unspecified atom stereocenters. The average Bonchev–Trinajstić information content (AvgIpc) is 2.99. The molecule has 1 heterocycles. The van der Waals surface area contributed by atoms with Crippen molar-refractivity contribution in [1.82, 2.24) is 9.47 Å². The molecule has 1 amide bonds. The van der Waals surface area contributed by atoms with Crippen LogP contribution in [0, 0.1) is 12.3 Å². The molecule has 0 saturated carbocycles. The molecular formula is C23H34N2O. The number of aromatic nitrogens is 1. The first-order valence-electron chi connectivity index (χ1n) is 9.80. The number of rotatable bonds is 8. The fourth-order valence-electron chi connectivity index (χ4n) is 3.23. The van der Waals surface area contributed by atoms with Gasteiger partial charge in [-0.1, -0.05) is 70.4 Å². The molecule has 0 aliphatic rings. The second kappa shape index (κ2) is 9.07. The molecule has 0 spiro atoms. The molecule has 3 heteroatoms. The van der Waals surface area contributed by atoms with Crippen molar-refractivity contribution >= 4 is 5.91 Å². The van der Waals surface area contributed by atoms with Crippen LogP contribution in [0.5, 0.6) is 0 Å². The van der Waals surface area contributed by atoms with Crippen molar-refractivity contribution in [2.24, 2.45) is 5.41 Å². The molecule has 0 atom stereocenters. The van der Waals surface area contributed by atoms with E-state index in [0.29, 0.717) is 6.54 Å². The Morgan fingerprint density at radius 3 is 2.54 bits per heavy atom. The van der Waals surface area contributed by atoms with Crippen LogP contribution in [0.3, 0.4) is 0 Å². The lowest BCUT2D eigenvalue weighted by Gasteiger charge is -2.30. The van der Waals surface area contributed by atoms with Crippen LogP contribution < -0.4 is 0 Å². The molecule has 2 aromatic rings. The molecule has 0 saturated heterocycles. The van der Waals surface area contributed by atoms with Crippen LogP contribution in [0.2, 0.25) is 0 Å². The minimum Gasteiger partial charge on any atom is -0.345 e. The second-order valence-corrected chi connectivity index (χ2v) is 8.30. The SMILES string of the molecule is CCCCCN(Cc1cccn1Cc1cccc(C)c1)C(=O)C(C)(C)C. The minimum absolute atomic E-state index is 0.233. The average molecular weight is 355 g/mol. The molecule has 0 bridgehead atoms. The zero-order valence-corrected chi connectivity index (χ0v) is 17.1. The Hall–Kier alpha value is -2.03. The van der Waals surface area contributed by atoms with Crippen molar-refractivity contribution in [3.8, 4) is 0 Å². The van der Waals surface area contributed by atoms with E-state index in [-0.39, 0.29) is 11.3 Å². The maximum Gasteiger partial charge on any atom is 0.228 e. The molecule has 142 valence electrons. The summed E-state index contributed by atoms with van der Waals surface area (Å²) in [6, 6.07) is 12.8. The van der Waals surface area contributed by atoms with E-state index in [1.807, 2.05) is 25.7 Å². The third-order valence-corrected chi connectivity index (χ3v) is 4.67. The van der Waals surface area contributed by atoms with Gasteiger partial charge in [-0.05, 0) is 31.0 Å². The van der Waals surface area contributed by atoms with Gasteiger partial charge in [0.05, 0.1) is 6.54 Å². The van der Waals surface area contributed by atoms with Gasteiger partial charge in [0.15, 0.2) is 0 Å². The first-order valence-corrected chi connectivity index (χ1v) is 9.80. The number of benzene rings is 1. The second-order valence-electron chi connectivity index (χ2n) is 8.30. The highest BCUT2D eigenvalue weighted by atomic mass is 16.2. The molecule has 0 fully saturated rings. The first kappa shape index (κ1) is 20.3. The van der Waals surface area contributed by atoms with Crippen LogP contribution in [-0.4, -0.2) is 21.9 Å². The molecule has 1 aromatic carbocycles. The summed E-state index contributed by atoms with van der Waals surface area (Å²) >= 11 is 0. The number of aryl methyl sites for hydroxylation is 1. The van der Waals surface area contributed by atoms with Gasteiger partial charge < -0.3 is 9.47 Å². The lowest BCUT2D eigenvalue weighted by Crippen LogP contribution is -2.40. The Labute approximate surface area is 159 Å². The van der Waals surface area contributed by atoms with Crippen molar-refractivity contribution in [3.63, 3.8) is 0 Å². The summed E-state index contributed by atoms with van der Waals surface area (Å²) in [6.07, 6.45) is 5.51. The smallest absolute Gasteiger partial charge is 0.228 e. The monoisotopic (exact) mass is 354 g/mol. The maximum atomic E-state index is 12.9. The van der Waals surface area contributed by atoms with Gasteiger partial charge in [0.1, 0.15) is 0 Å². The van der Waals surface area contributed by atoms with Gasteiger partial charge >= 0.3 is 0 Å². The highest BCUT2D eigenvalue weighted by Gasteiger charge is 2.27. The van der Waals surface area contributed by atoms with Crippen molar-refractivity contribution in [2.75, 3.05) is 6.54 Å². The van der Waals surface area contributed by atoms with Gasteiger partial charge in [0, 0.05) is 30.4 Å². The fraction of sp³-hybridized carbons (Fsp3) is 0.522. The summed E-state index contributed by atoms with van der Waals surface area (Å²) in [4.78, 5) is 15.0. The van der Waals surface area contributed by atoms with E-state index in [4.69, 9.17) is 0 Å². The molecular weight excluding hydrogens is 320 g/mol. The van der Waals surface area contributed by atoms with Gasteiger partial charge in [0.2, 0.25) is 5.91 Å². The third-order valence-electron chi connectivity index (χ3n) is 4.67. The van der Waals surface area contributed by atoms with E-state index in [1.165, 1.54) is 23.2 Å². The molecule has 0 radical (unpaired) electrons. The maximum absolute atomic E-state index is 12.9. The summed E-state index contributed by atoms with van der Waals surface area (Å²) in [5.74, 6) is 0.233. The molecule has 0 aliphatic heterocycles. The van der Waals surface area contributed by atoms with E-state index in [0.717, 1.165) is 25.9 Å². The van der Waals surface area contributed by atoms with Crippen LogP contribution in [0.1, 0.15) is 63.8 Å². The number of carbonyl (C=O) groups excluding carboxylic acids is 1. The molecule has 26 heavy (non-hydrogen) atoms. The molecule has 1 aromatic heterocycles. The number of unbranched alkanes of at least 4 members (excludes halogenated alkanes) is 2. The molecule has 0 aliphatic carbocycles. The Bertz CT molecular complexity index is 709. The van der Waals surface area contributed by atoms with E-state index in [1.54, 1.807) is 0 Å². The lowest BCUT2D eigenvalue weighted by atomic mass is 9.94. The summed E-state index contributed by atoms with van der Waals surface area (Å²) in [5.41, 5.74) is 3.42. The zero-order valence-electron chi connectivity index (χ0n) is 17.1. The van der Waals surface area contributed by atoms with E-state index >= 15 is 0 Å². The number of carbonyl (C=O) groups is 1. The fourth-order valence-corrected chi connectivity index (χ4v) is 3.23. The van der Waals surface area contributed by atoms with Crippen LogP contribution in [0.4, 0.5) is 0 Å². The Kier molecular flexibility index (Phi) is 7.07. The number of nitrogens with zero attached hydrogens (tertiary/aromatic N) is 2. The lowest BCUT2D eigenvalue weighted by molar-refractivity contribution is -0.140. The van der Waals surface area contributed by atoms with Crippen molar-refractivity contribution in [2.45, 2.75) is 67.0 Å². The van der Waals surface area contributed by atoms with Gasteiger partial charge in [-0.15, -0.1) is 0 Å². The largest absolute Gasteiger partial charge is 0.345 e. The van der Waals surface area contributed by atoms with E-state index in [2.05, 4.69) is 61.0 Å². The molecule has 3 nitrogen and oxygen atoms in total. The predicted molar refractivity (Wildman–Crippen MR) is 109 cm³/mol. The standard InChI is InChI=1S/C23H34N2O/c1-6-7-8-14-25(22(26)23(3,4)5)18-21-13-10-15-24(21)17-20-12-9-11-19(2)16-20/h9-13,15-16H,6-8,14,17-18H2,1-5H3. The Balaban J connectivity index is 2.15. The summed E-state index contributed by atoms with van der Waals surface area (Å²) in [7, 11) is 0. The summed E-state index contributed by atoms with van der Waals surface area (Å²) in [5, 5.41) is 0.